The summed E-state index contributed by atoms with van der Waals surface area (Å²) in [5, 5.41) is 7.58. The van der Waals surface area contributed by atoms with E-state index < -0.39 is 24.3 Å². The number of piperidine rings is 1. The van der Waals surface area contributed by atoms with Crippen LogP contribution in [0.1, 0.15) is 69.7 Å². The molecule has 2 bridgehead atoms. The minimum Gasteiger partial charge on any atom is -0.453 e. The molecule has 2 saturated heterocycles. The van der Waals surface area contributed by atoms with Crippen LogP contribution in [-0.4, -0.2) is 92.6 Å². The van der Waals surface area contributed by atoms with E-state index in [2.05, 4.69) is 73.9 Å². The molecule has 5 heterocycles. The molecule has 0 radical (unpaired) electrons. The topological polar surface area (TPSA) is 175 Å². The molecule has 4 N–H and O–H groups in total. The lowest BCUT2D eigenvalue weighted by atomic mass is 9.97. The molecule has 3 aromatic carbocycles. The number of carbonyl (C=O) groups is 4. The van der Waals surface area contributed by atoms with Crippen LogP contribution in [0, 0.1) is 5.92 Å². The molecule has 15 heteroatoms. The van der Waals surface area contributed by atoms with Crippen molar-refractivity contribution in [3.8, 4) is 22.4 Å². The van der Waals surface area contributed by atoms with Crippen molar-refractivity contribution in [1.82, 2.24) is 40.4 Å². The lowest BCUT2D eigenvalue weighted by molar-refractivity contribution is -0.137. The van der Waals surface area contributed by atoms with Crippen molar-refractivity contribution in [3.63, 3.8) is 0 Å². The number of carbonyl (C=O) groups excluding carboxylic acids is 4. The van der Waals surface area contributed by atoms with Gasteiger partial charge in [0.2, 0.25) is 11.8 Å². The van der Waals surface area contributed by atoms with Gasteiger partial charge < -0.3 is 39.9 Å². The Morgan fingerprint density at radius 2 is 1.47 bits per heavy atom. The van der Waals surface area contributed by atoms with Crippen LogP contribution in [0.25, 0.3) is 53.6 Å². The third-order valence-electron chi connectivity index (χ3n) is 12.0. The van der Waals surface area contributed by atoms with E-state index in [9.17, 15) is 19.2 Å². The zero-order valence-electron chi connectivity index (χ0n) is 32.1. The quantitative estimate of drug-likeness (QED) is 0.125. The van der Waals surface area contributed by atoms with Gasteiger partial charge in [-0.25, -0.2) is 19.6 Å². The van der Waals surface area contributed by atoms with E-state index in [1.54, 1.807) is 30.1 Å². The van der Waals surface area contributed by atoms with Gasteiger partial charge in [0.1, 0.15) is 23.7 Å². The van der Waals surface area contributed by atoms with Crippen molar-refractivity contribution < 1.29 is 28.7 Å². The number of rotatable bonds is 8. The molecule has 6 aromatic rings. The second-order valence-corrected chi connectivity index (χ2v) is 16.5. The fraction of sp³-hybridized carbons (Fsp3) is 0.381. The molecular weight excluding hydrogens is 745 g/mol. The van der Waals surface area contributed by atoms with Gasteiger partial charge in [-0.3, -0.25) is 9.59 Å². The van der Waals surface area contributed by atoms with Crippen LogP contribution in [0.15, 0.2) is 60.8 Å². The SMILES string of the molecule is COC(=O)NC(C)C(=O)N1CCCC1c1ncc(-c2ccc3c(c2)sc2cc(-c4ccc5nc(C6C7CCC(C7)N6C(=O)C(C)NC(=O)OC)[nH]c5c4)ccc23)[nH]1. The Balaban J connectivity index is 0.947. The number of methoxy groups -OCH3 is 2. The van der Waals surface area contributed by atoms with E-state index in [1.807, 2.05) is 17.2 Å². The molecule has 2 aliphatic heterocycles. The largest absolute Gasteiger partial charge is 0.453 e. The van der Waals surface area contributed by atoms with E-state index in [0.29, 0.717) is 12.5 Å². The number of imidazole rings is 2. The highest BCUT2D eigenvalue weighted by atomic mass is 32.1. The van der Waals surface area contributed by atoms with Gasteiger partial charge in [-0.05, 0) is 87.3 Å². The number of likely N-dealkylation sites (tertiary alicyclic amines) is 2. The Bertz CT molecular complexity index is 2560. The molecular formula is C42H44N8O6S. The standard InChI is InChI=1S/C42H44N8O6S/c1-21(44-41(53)55-3)39(51)49-15-5-6-33(49)37-43-20-32(48-37)25-9-13-29-28-12-8-24(18-34(28)57-35(29)19-25)23-10-14-30-31(17-23)47-38(46-30)36-26-7-11-27(16-26)50(36)40(52)22(2)45-42(54)56-4/h8-10,12-14,17-22,26-27,33,36H,5-7,11,15-16H2,1-4H3,(H,43,48)(H,44,53)(H,45,54)(H,46,47). The number of amides is 4. The van der Waals surface area contributed by atoms with Gasteiger partial charge >= 0.3 is 12.2 Å². The number of fused-ring (bicyclic) bond motifs is 6. The number of hydrogen-bond donors (Lipinski definition) is 4. The average molecular weight is 789 g/mol. The molecule has 4 amide bonds. The highest BCUT2D eigenvalue weighted by molar-refractivity contribution is 7.25. The average Bonchev–Trinajstić information content (AvgIpc) is 4.08. The number of ether oxygens (including phenoxy) is 2. The summed E-state index contributed by atoms with van der Waals surface area (Å²) in [5.41, 5.74) is 5.80. The van der Waals surface area contributed by atoms with Crippen molar-refractivity contribution in [2.45, 2.75) is 76.2 Å². The summed E-state index contributed by atoms with van der Waals surface area (Å²) in [5.74, 6) is 1.54. The number of hydrogen-bond acceptors (Lipinski definition) is 9. The van der Waals surface area contributed by atoms with Gasteiger partial charge in [0.25, 0.3) is 0 Å². The molecule has 6 unspecified atom stereocenters. The summed E-state index contributed by atoms with van der Waals surface area (Å²) < 4.78 is 11.7. The second-order valence-electron chi connectivity index (χ2n) is 15.4. The third-order valence-corrected chi connectivity index (χ3v) is 13.1. The Hall–Kier alpha value is -5.96. The number of nitrogens with one attached hydrogen (secondary N) is 4. The number of H-pyrrole nitrogens is 2. The van der Waals surface area contributed by atoms with Crippen LogP contribution in [0.3, 0.4) is 0 Å². The number of nitrogens with zero attached hydrogens (tertiary/aromatic N) is 4. The molecule has 57 heavy (non-hydrogen) atoms. The van der Waals surface area contributed by atoms with Crippen LogP contribution in [0.2, 0.25) is 0 Å². The number of thiophene rings is 1. The number of alkyl carbamates (subject to hydrolysis) is 2. The van der Waals surface area contributed by atoms with Gasteiger partial charge in [0.05, 0.1) is 49.2 Å². The summed E-state index contributed by atoms with van der Waals surface area (Å²) in [6.07, 6.45) is 5.13. The minimum absolute atomic E-state index is 0.122. The summed E-state index contributed by atoms with van der Waals surface area (Å²) >= 11 is 1.74. The minimum atomic E-state index is -0.708. The first-order valence-corrected chi connectivity index (χ1v) is 20.2. The molecule has 1 aliphatic carbocycles. The van der Waals surface area contributed by atoms with Crippen molar-refractivity contribution >= 4 is 66.5 Å². The Kier molecular flexibility index (Phi) is 9.34. The van der Waals surface area contributed by atoms with Crippen molar-refractivity contribution in [2.75, 3.05) is 20.8 Å². The first kappa shape index (κ1) is 36.7. The summed E-state index contributed by atoms with van der Waals surface area (Å²) in [7, 11) is 2.57. The maximum absolute atomic E-state index is 13.6. The van der Waals surface area contributed by atoms with Gasteiger partial charge in [-0.2, -0.15) is 0 Å². The van der Waals surface area contributed by atoms with Gasteiger partial charge in [-0.1, -0.05) is 30.3 Å². The Morgan fingerprint density at radius 3 is 2.21 bits per heavy atom. The predicted octanol–water partition coefficient (Wildman–Crippen LogP) is 7.19. The number of benzene rings is 3. The Morgan fingerprint density at radius 1 is 0.807 bits per heavy atom. The van der Waals surface area contributed by atoms with Crippen LogP contribution in [0.5, 0.6) is 0 Å². The molecule has 3 aromatic heterocycles. The van der Waals surface area contributed by atoms with Crippen LogP contribution in [0.4, 0.5) is 9.59 Å². The van der Waals surface area contributed by atoms with Gasteiger partial charge in [-0.15, -0.1) is 11.3 Å². The van der Waals surface area contributed by atoms with Crippen molar-refractivity contribution in [3.05, 3.63) is 72.4 Å². The zero-order valence-corrected chi connectivity index (χ0v) is 32.9. The second kappa shape index (κ2) is 14.5. The van der Waals surface area contributed by atoms with Crippen LogP contribution < -0.4 is 10.6 Å². The molecule has 6 atom stereocenters. The van der Waals surface area contributed by atoms with E-state index >= 15 is 0 Å². The smallest absolute Gasteiger partial charge is 0.407 e. The number of aromatic nitrogens is 4. The normalized spacial score (nSPS) is 21.3. The molecule has 3 fully saturated rings. The van der Waals surface area contributed by atoms with E-state index in [4.69, 9.17) is 14.7 Å². The summed E-state index contributed by atoms with van der Waals surface area (Å²) in [6, 6.07) is 17.6. The first-order chi connectivity index (χ1) is 27.6. The molecule has 294 valence electrons. The van der Waals surface area contributed by atoms with E-state index in [0.717, 1.165) is 81.9 Å². The van der Waals surface area contributed by atoms with Crippen molar-refractivity contribution in [1.29, 1.82) is 0 Å². The fourth-order valence-corrected chi connectivity index (χ4v) is 10.3. The lowest BCUT2D eigenvalue weighted by Gasteiger charge is -2.35. The Labute approximate surface area is 332 Å². The highest BCUT2D eigenvalue weighted by Gasteiger charge is 2.50. The molecule has 14 nitrogen and oxygen atoms in total. The first-order valence-electron chi connectivity index (χ1n) is 19.4. The summed E-state index contributed by atoms with van der Waals surface area (Å²) in [4.78, 5) is 70.8. The van der Waals surface area contributed by atoms with Crippen LogP contribution >= 0.6 is 11.3 Å². The van der Waals surface area contributed by atoms with E-state index in [1.165, 1.54) is 29.7 Å². The van der Waals surface area contributed by atoms with Gasteiger partial charge in [0.15, 0.2) is 0 Å². The van der Waals surface area contributed by atoms with Gasteiger partial charge in [0, 0.05) is 38.3 Å². The molecule has 0 spiro atoms. The molecule has 9 rings (SSSR count). The molecule has 1 saturated carbocycles. The fourth-order valence-electron chi connectivity index (χ4n) is 9.17. The lowest BCUT2D eigenvalue weighted by Crippen LogP contribution is -2.50. The monoisotopic (exact) mass is 788 g/mol. The maximum Gasteiger partial charge on any atom is 0.407 e. The highest BCUT2D eigenvalue weighted by Crippen LogP contribution is 2.50. The summed E-state index contributed by atoms with van der Waals surface area (Å²) in [6.45, 7) is 3.95. The third kappa shape index (κ3) is 6.52. The number of aromatic amines is 2. The van der Waals surface area contributed by atoms with Crippen LogP contribution in [-0.2, 0) is 19.1 Å². The van der Waals surface area contributed by atoms with E-state index in [-0.39, 0.29) is 29.9 Å². The maximum atomic E-state index is 13.6. The predicted molar refractivity (Wildman–Crippen MR) is 216 cm³/mol. The zero-order chi connectivity index (χ0) is 39.5. The van der Waals surface area contributed by atoms with Crippen molar-refractivity contribution in [2.24, 2.45) is 5.92 Å². The molecule has 3 aliphatic rings.